The summed E-state index contributed by atoms with van der Waals surface area (Å²) in [6.45, 7) is 10.0. The summed E-state index contributed by atoms with van der Waals surface area (Å²) in [6, 6.07) is 7.00. The minimum atomic E-state index is -0.381. The Bertz CT molecular complexity index is 615. The van der Waals surface area contributed by atoms with E-state index in [2.05, 4.69) is 27.1 Å². The molecule has 0 unspecified atom stereocenters. The molecule has 7 nitrogen and oxygen atoms in total. The van der Waals surface area contributed by atoms with E-state index in [9.17, 15) is 10.1 Å². The van der Waals surface area contributed by atoms with Crippen LogP contribution in [0, 0.1) is 10.1 Å². The summed E-state index contributed by atoms with van der Waals surface area (Å²) in [5.74, 6) is 0.760. The number of nitro benzene ring substituents is 1. The Balaban J connectivity index is 0.00000338. The van der Waals surface area contributed by atoms with Crippen molar-refractivity contribution in [2.45, 2.75) is 32.4 Å². The molecule has 2 N–H and O–H groups in total. The molecule has 2 rings (SSSR count). The number of likely N-dealkylation sites (tertiary alicyclic amines) is 1. The highest BCUT2D eigenvalue weighted by atomic mass is 127. The van der Waals surface area contributed by atoms with Crippen LogP contribution in [-0.4, -0.2) is 48.0 Å². The first-order valence-electron chi connectivity index (χ1n) is 8.73. The van der Waals surface area contributed by atoms with Crippen molar-refractivity contribution in [2.24, 2.45) is 4.99 Å². The Hall–Kier alpha value is -1.68. The van der Waals surface area contributed by atoms with E-state index in [1.165, 1.54) is 6.07 Å². The van der Waals surface area contributed by atoms with Crippen molar-refractivity contribution in [3.8, 4) is 0 Å². The molecule has 0 aromatic heterocycles. The van der Waals surface area contributed by atoms with E-state index in [1.807, 2.05) is 19.1 Å². The molecule has 1 aliphatic rings. The average molecular weight is 473 g/mol. The van der Waals surface area contributed by atoms with E-state index in [-0.39, 0.29) is 34.6 Å². The van der Waals surface area contributed by atoms with Crippen molar-refractivity contribution in [1.29, 1.82) is 0 Å². The molecular formula is C18H28IN5O2. The molecule has 0 radical (unpaired) electrons. The zero-order chi connectivity index (χ0) is 18.1. The molecule has 1 aromatic rings. The highest BCUT2D eigenvalue weighted by molar-refractivity contribution is 14.0. The smallest absolute Gasteiger partial charge is 0.269 e. The van der Waals surface area contributed by atoms with E-state index >= 15 is 0 Å². The molecule has 0 bridgehead atoms. The molecule has 1 fully saturated rings. The Morgan fingerprint density at radius 3 is 2.81 bits per heavy atom. The maximum Gasteiger partial charge on any atom is 0.269 e. The maximum absolute atomic E-state index is 10.9. The molecule has 1 aromatic carbocycles. The number of benzene rings is 1. The number of halogens is 1. The van der Waals surface area contributed by atoms with Gasteiger partial charge >= 0.3 is 0 Å². The molecule has 8 heteroatoms. The molecule has 144 valence electrons. The number of nitrogens with zero attached hydrogens (tertiary/aromatic N) is 3. The highest BCUT2D eigenvalue weighted by Crippen LogP contribution is 2.14. The second-order valence-corrected chi connectivity index (χ2v) is 6.13. The van der Waals surface area contributed by atoms with Gasteiger partial charge in [-0.25, -0.2) is 4.99 Å². The summed E-state index contributed by atoms with van der Waals surface area (Å²) in [5, 5.41) is 17.6. The second kappa shape index (κ2) is 11.8. The lowest BCUT2D eigenvalue weighted by Crippen LogP contribution is -2.48. The van der Waals surface area contributed by atoms with Crippen LogP contribution in [0.15, 0.2) is 41.9 Å². The van der Waals surface area contributed by atoms with Crippen LogP contribution in [0.5, 0.6) is 0 Å². The second-order valence-electron chi connectivity index (χ2n) is 6.13. The van der Waals surface area contributed by atoms with Crippen LogP contribution >= 0.6 is 24.0 Å². The first-order chi connectivity index (χ1) is 12.1. The Morgan fingerprint density at radius 1 is 1.46 bits per heavy atom. The van der Waals surface area contributed by atoms with Crippen LogP contribution < -0.4 is 10.6 Å². The number of nitro groups is 1. The van der Waals surface area contributed by atoms with Crippen molar-refractivity contribution in [3.63, 3.8) is 0 Å². The van der Waals surface area contributed by atoms with Crippen LogP contribution in [-0.2, 0) is 6.54 Å². The average Bonchev–Trinajstić information content (AvgIpc) is 2.62. The maximum atomic E-state index is 10.9. The first-order valence-corrected chi connectivity index (χ1v) is 8.73. The third kappa shape index (κ3) is 7.28. The normalized spacial score (nSPS) is 15.8. The Kier molecular flexibility index (Phi) is 10.2. The minimum absolute atomic E-state index is 0. The molecule has 0 atom stereocenters. The molecule has 1 aliphatic heterocycles. The lowest BCUT2D eigenvalue weighted by atomic mass is 10.1. The summed E-state index contributed by atoms with van der Waals surface area (Å²) >= 11 is 0. The van der Waals surface area contributed by atoms with Gasteiger partial charge in [0.05, 0.1) is 11.5 Å². The zero-order valence-corrected chi connectivity index (χ0v) is 17.5. The van der Waals surface area contributed by atoms with Crippen molar-refractivity contribution < 1.29 is 4.92 Å². The van der Waals surface area contributed by atoms with Gasteiger partial charge in [0.25, 0.3) is 5.69 Å². The first kappa shape index (κ1) is 22.4. The van der Waals surface area contributed by atoms with Gasteiger partial charge < -0.3 is 10.6 Å². The molecule has 0 saturated carbocycles. The lowest BCUT2D eigenvalue weighted by Gasteiger charge is -2.32. The molecular weight excluding hydrogens is 445 g/mol. The SMILES string of the molecule is C=CCN1CCC(NC(=NCc2cccc([N+](=O)[O-])c2)NCC)CC1.I. The van der Waals surface area contributed by atoms with Gasteiger partial charge in [-0.1, -0.05) is 18.2 Å². The zero-order valence-electron chi connectivity index (χ0n) is 15.2. The number of piperidine rings is 1. The highest BCUT2D eigenvalue weighted by Gasteiger charge is 2.19. The number of guanidine groups is 1. The van der Waals surface area contributed by atoms with Gasteiger partial charge in [-0.2, -0.15) is 0 Å². The lowest BCUT2D eigenvalue weighted by molar-refractivity contribution is -0.384. The van der Waals surface area contributed by atoms with Gasteiger partial charge in [-0.3, -0.25) is 15.0 Å². The molecule has 1 heterocycles. The fourth-order valence-electron chi connectivity index (χ4n) is 2.89. The minimum Gasteiger partial charge on any atom is -0.357 e. The summed E-state index contributed by atoms with van der Waals surface area (Å²) in [6.07, 6.45) is 4.07. The molecule has 0 aliphatic carbocycles. The van der Waals surface area contributed by atoms with Crippen LogP contribution in [0.25, 0.3) is 0 Å². The van der Waals surface area contributed by atoms with E-state index in [0.29, 0.717) is 12.6 Å². The van der Waals surface area contributed by atoms with E-state index in [4.69, 9.17) is 0 Å². The predicted octanol–water partition coefficient (Wildman–Crippen LogP) is 2.92. The summed E-state index contributed by atoms with van der Waals surface area (Å²) in [7, 11) is 0. The summed E-state index contributed by atoms with van der Waals surface area (Å²) < 4.78 is 0. The standard InChI is InChI=1S/C18H27N5O2.HI/c1-3-10-22-11-8-16(9-12-22)21-18(19-4-2)20-14-15-6-5-7-17(13-15)23(24)25;/h3,5-7,13,16H,1,4,8-12,14H2,2H3,(H2,19,20,21);1H. The van der Waals surface area contributed by atoms with Gasteiger partial charge in [0.15, 0.2) is 5.96 Å². The largest absolute Gasteiger partial charge is 0.357 e. The molecule has 0 spiro atoms. The van der Waals surface area contributed by atoms with Crippen molar-refractivity contribution >= 4 is 35.6 Å². The van der Waals surface area contributed by atoms with Gasteiger partial charge in [0.1, 0.15) is 0 Å². The van der Waals surface area contributed by atoms with Crippen LogP contribution in [0.1, 0.15) is 25.3 Å². The summed E-state index contributed by atoms with van der Waals surface area (Å²) in [4.78, 5) is 17.4. The number of hydrogen-bond acceptors (Lipinski definition) is 4. The number of hydrogen-bond donors (Lipinski definition) is 2. The third-order valence-electron chi connectivity index (χ3n) is 4.20. The Morgan fingerprint density at radius 2 is 2.19 bits per heavy atom. The van der Waals surface area contributed by atoms with E-state index < -0.39 is 0 Å². The molecule has 26 heavy (non-hydrogen) atoms. The van der Waals surface area contributed by atoms with Gasteiger partial charge in [0.2, 0.25) is 0 Å². The van der Waals surface area contributed by atoms with Gasteiger partial charge in [-0.15, -0.1) is 30.6 Å². The number of aliphatic imine (C=N–C) groups is 1. The third-order valence-corrected chi connectivity index (χ3v) is 4.20. The molecule has 1 saturated heterocycles. The van der Waals surface area contributed by atoms with Gasteiger partial charge in [-0.05, 0) is 25.3 Å². The van der Waals surface area contributed by atoms with E-state index in [1.54, 1.807) is 12.1 Å². The van der Waals surface area contributed by atoms with Gasteiger partial charge in [0, 0.05) is 44.4 Å². The predicted molar refractivity (Wildman–Crippen MR) is 116 cm³/mol. The molecule has 0 amide bonds. The van der Waals surface area contributed by atoms with Crippen LogP contribution in [0.2, 0.25) is 0 Å². The fraction of sp³-hybridized carbons (Fsp3) is 0.500. The van der Waals surface area contributed by atoms with E-state index in [0.717, 1.165) is 50.5 Å². The van der Waals surface area contributed by atoms with Crippen LogP contribution in [0.4, 0.5) is 5.69 Å². The number of rotatable bonds is 7. The fourth-order valence-corrected chi connectivity index (χ4v) is 2.89. The monoisotopic (exact) mass is 473 g/mol. The van der Waals surface area contributed by atoms with Crippen molar-refractivity contribution in [2.75, 3.05) is 26.2 Å². The quantitative estimate of drug-likeness (QED) is 0.159. The summed E-state index contributed by atoms with van der Waals surface area (Å²) in [5.41, 5.74) is 0.924. The number of nitrogens with one attached hydrogen (secondary N) is 2. The van der Waals surface area contributed by atoms with Crippen molar-refractivity contribution in [1.82, 2.24) is 15.5 Å². The number of non-ortho nitro benzene ring substituents is 1. The topological polar surface area (TPSA) is 82.8 Å². The Labute approximate surface area is 172 Å². The van der Waals surface area contributed by atoms with Crippen LogP contribution in [0.3, 0.4) is 0 Å². The van der Waals surface area contributed by atoms with Crippen molar-refractivity contribution in [3.05, 3.63) is 52.6 Å².